The van der Waals surface area contributed by atoms with E-state index in [1.54, 1.807) is 31.4 Å². The number of para-hydroxylation sites is 1. The van der Waals surface area contributed by atoms with Gasteiger partial charge < -0.3 is 9.73 Å². The summed E-state index contributed by atoms with van der Waals surface area (Å²) < 4.78 is 21.1. The average molecular weight is 414 g/mol. The van der Waals surface area contributed by atoms with Gasteiger partial charge in [-0.05, 0) is 59.8 Å². The SMILES string of the molecule is Cc1nnnn1-c1cc(NC(=O)c2cc(-c3ccco3)nc3ccccc23)ccc1F. The predicted octanol–water partition coefficient (Wildman–Crippen LogP) is 4.17. The lowest BCUT2D eigenvalue weighted by atomic mass is 10.1. The maximum absolute atomic E-state index is 14.3. The molecule has 0 saturated carbocycles. The lowest BCUT2D eigenvalue weighted by molar-refractivity contribution is 0.102. The van der Waals surface area contributed by atoms with Crippen molar-refractivity contribution in [2.45, 2.75) is 6.92 Å². The zero-order valence-electron chi connectivity index (χ0n) is 16.3. The number of carbonyl (C=O) groups excluding carboxylic acids is 1. The minimum absolute atomic E-state index is 0.135. The summed E-state index contributed by atoms with van der Waals surface area (Å²) in [6.07, 6.45) is 1.55. The number of tetrazole rings is 1. The molecule has 2 aromatic carbocycles. The molecule has 3 heterocycles. The Labute approximate surface area is 175 Å². The summed E-state index contributed by atoms with van der Waals surface area (Å²) in [5.74, 6) is 0.101. The van der Waals surface area contributed by atoms with Crippen LogP contribution in [0.15, 0.2) is 71.3 Å². The number of nitrogens with zero attached hydrogens (tertiary/aromatic N) is 5. The predicted molar refractivity (Wildman–Crippen MR) is 111 cm³/mol. The summed E-state index contributed by atoms with van der Waals surface area (Å²) in [6, 6.07) is 16.8. The first-order valence-corrected chi connectivity index (χ1v) is 9.40. The van der Waals surface area contributed by atoms with Crippen LogP contribution in [-0.2, 0) is 0 Å². The van der Waals surface area contributed by atoms with Crippen LogP contribution >= 0.6 is 0 Å². The van der Waals surface area contributed by atoms with Gasteiger partial charge >= 0.3 is 0 Å². The molecule has 9 heteroatoms. The Hall–Kier alpha value is -4.40. The van der Waals surface area contributed by atoms with Crippen LogP contribution in [0.25, 0.3) is 28.0 Å². The summed E-state index contributed by atoms with van der Waals surface area (Å²) in [4.78, 5) is 17.8. The summed E-state index contributed by atoms with van der Waals surface area (Å²) >= 11 is 0. The van der Waals surface area contributed by atoms with Gasteiger partial charge in [-0.1, -0.05) is 18.2 Å². The third-order valence-electron chi connectivity index (χ3n) is 4.79. The number of hydrogen-bond donors (Lipinski definition) is 1. The fraction of sp³-hybridized carbons (Fsp3) is 0.0455. The first-order chi connectivity index (χ1) is 15.1. The lowest BCUT2D eigenvalue weighted by Crippen LogP contribution is -2.14. The standard InChI is InChI=1S/C22H15FN6O2/c1-13-26-27-28-29(13)20-11-14(8-9-17(20)23)24-22(30)16-12-19(21-7-4-10-31-21)25-18-6-3-2-5-15(16)18/h2-12H,1H3,(H,24,30). The van der Waals surface area contributed by atoms with E-state index in [9.17, 15) is 9.18 Å². The second-order valence-corrected chi connectivity index (χ2v) is 6.81. The summed E-state index contributed by atoms with van der Waals surface area (Å²) in [5, 5.41) is 14.6. The molecule has 0 radical (unpaired) electrons. The number of hydrogen-bond acceptors (Lipinski definition) is 6. The van der Waals surface area contributed by atoms with Gasteiger partial charge in [0.05, 0.1) is 17.3 Å². The highest BCUT2D eigenvalue weighted by molar-refractivity contribution is 6.13. The number of carbonyl (C=O) groups is 1. The molecule has 8 nitrogen and oxygen atoms in total. The minimum Gasteiger partial charge on any atom is -0.463 e. The Morgan fingerprint density at radius 1 is 1.10 bits per heavy atom. The summed E-state index contributed by atoms with van der Waals surface area (Å²) in [6.45, 7) is 1.66. The molecule has 0 aliphatic rings. The molecule has 0 spiro atoms. The van der Waals surface area contributed by atoms with Crippen molar-refractivity contribution < 1.29 is 13.6 Å². The highest BCUT2D eigenvalue weighted by Crippen LogP contribution is 2.26. The van der Waals surface area contributed by atoms with Crippen molar-refractivity contribution in [1.29, 1.82) is 0 Å². The number of pyridine rings is 1. The Morgan fingerprint density at radius 2 is 1.97 bits per heavy atom. The average Bonchev–Trinajstić information content (AvgIpc) is 3.46. The van der Waals surface area contributed by atoms with Gasteiger partial charge in [-0.15, -0.1) is 5.10 Å². The van der Waals surface area contributed by atoms with Crippen molar-refractivity contribution in [1.82, 2.24) is 25.2 Å². The lowest BCUT2D eigenvalue weighted by Gasteiger charge is -2.11. The van der Waals surface area contributed by atoms with Gasteiger partial charge in [0.2, 0.25) is 0 Å². The third kappa shape index (κ3) is 3.42. The van der Waals surface area contributed by atoms with E-state index in [0.717, 1.165) is 0 Å². The van der Waals surface area contributed by atoms with E-state index >= 15 is 0 Å². The van der Waals surface area contributed by atoms with Crippen LogP contribution in [0.1, 0.15) is 16.2 Å². The first-order valence-electron chi connectivity index (χ1n) is 9.40. The number of furan rings is 1. The normalized spacial score (nSPS) is 11.0. The molecule has 0 atom stereocenters. The molecule has 0 aliphatic heterocycles. The van der Waals surface area contributed by atoms with Gasteiger partial charge in [0.15, 0.2) is 11.6 Å². The molecule has 0 fully saturated rings. The smallest absolute Gasteiger partial charge is 0.256 e. The molecular weight excluding hydrogens is 399 g/mol. The second-order valence-electron chi connectivity index (χ2n) is 6.81. The molecule has 5 aromatic rings. The zero-order chi connectivity index (χ0) is 21.4. The van der Waals surface area contributed by atoms with Crippen LogP contribution in [0.3, 0.4) is 0 Å². The van der Waals surface area contributed by atoms with Crippen molar-refractivity contribution >= 4 is 22.5 Å². The van der Waals surface area contributed by atoms with Crippen molar-refractivity contribution in [3.63, 3.8) is 0 Å². The van der Waals surface area contributed by atoms with E-state index < -0.39 is 5.82 Å². The monoisotopic (exact) mass is 414 g/mol. The molecule has 152 valence electrons. The van der Waals surface area contributed by atoms with Crippen LogP contribution in [-0.4, -0.2) is 31.1 Å². The van der Waals surface area contributed by atoms with Crippen molar-refractivity contribution in [3.05, 3.63) is 84.1 Å². The van der Waals surface area contributed by atoms with Gasteiger partial charge in [-0.3, -0.25) is 4.79 Å². The minimum atomic E-state index is -0.511. The Bertz CT molecular complexity index is 1410. The number of fused-ring (bicyclic) bond motifs is 1. The van der Waals surface area contributed by atoms with Gasteiger partial charge in [-0.2, -0.15) is 4.68 Å². The number of aromatic nitrogens is 5. The van der Waals surface area contributed by atoms with Crippen LogP contribution in [0.4, 0.5) is 10.1 Å². The summed E-state index contributed by atoms with van der Waals surface area (Å²) in [5.41, 5.74) is 2.15. The number of halogens is 1. The molecule has 1 N–H and O–H groups in total. The molecule has 0 saturated heterocycles. The van der Waals surface area contributed by atoms with Gasteiger partial charge in [0.1, 0.15) is 17.2 Å². The Kier molecular flexibility index (Phi) is 4.47. The van der Waals surface area contributed by atoms with Gasteiger partial charge in [-0.25, -0.2) is 9.37 Å². The van der Waals surface area contributed by atoms with E-state index in [4.69, 9.17) is 4.42 Å². The number of benzene rings is 2. The molecular formula is C22H15FN6O2. The van der Waals surface area contributed by atoms with E-state index in [-0.39, 0.29) is 11.6 Å². The van der Waals surface area contributed by atoms with Gasteiger partial charge in [0, 0.05) is 11.1 Å². The zero-order valence-corrected chi connectivity index (χ0v) is 16.3. The maximum atomic E-state index is 14.3. The molecule has 0 bridgehead atoms. The quantitative estimate of drug-likeness (QED) is 0.474. The Balaban J connectivity index is 1.55. The highest BCUT2D eigenvalue weighted by atomic mass is 19.1. The molecule has 5 rings (SSSR count). The topological polar surface area (TPSA) is 98.7 Å². The van der Waals surface area contributed by atoms with Crippen LogP contribution < -0.4 is 5.32 Å². The number of nitrogens with one attached hydrogen (secondary N) is 1. The van der Waals surface area contributed by atoms with E-state index in [0.29, 0.717) is 39.4 Å². The van der Waals surface area contributed by atoms with Crippen LogP contribution in [0.5, 0.6) is 0 Å². The molecule has 3 aromatic heterocycles. The van der Waals surface area contributed by atoms with Crippen molar-refractivity contribution in [2.24, 2.45) is 0 Å². The first kappa shape index (κ1) is 18.6. The maximum Gasteiger partial charge on any atom is 0.256 e. The Morgan fingerprint density at radius 3 is 2.74 bits per heavy atom. The largest absolute Gasteiger partial charge is 0.463 e. The molecule has 31 heavy (non-hydrogen) atoms. The van der Waals surface area contributed by atoms with Crippen LogP contribution in [0.2, 0.25) is 0 Å². The molecule has 0 unspecified atom stereocenters. The van der Waals surface area contributed by atoms with Crippen molar-refractivity contribution in [3.8, 4) is 17.1 Å². The van der Waals surface area contributed by atoms with E-state index in [2.05, 4.69) is 25.8 Å². The molecule has 1 amide bonds. The van der Waals surface area contributed by atoms with Gasteiger partial charge in [0.25, 0.3) is 5.91 Å². The number of aryl methyl sites for hydroxylation is 1. The fourth-order valence-corrected chi connectivity index (χ4v) is 3.32. The van der Waals surface area contributed by atoms with E-state index in [1.807, 2.05) is 24.3 Å². The third-order valence-corrected chi connectivity index (χ3v) is 4.79. The second kappa shape index (κ2) is 7.45. The van der Waals surface area contributed by atoms with Crippen molar-refractivity contribution in [2.75, 3.05) is 5.32 Å². The molecule has 0 aliphatic carbocycles. The van der Waals surface area contributed by atoms with E-state index in [1.165, 1.54) is 22.9 Å². The number of amides is 1. The fourth-order valence-electron chi connectivity index (χ4n) is 3.32. The number of rotatable bonds is 4. The van der Waals surface area contributed by atoms with Crippen LogP contribution in [0, 0.1) is 12.7 Å². The number of anilines is 1. The summed E-state index contributed by atoms with van der Waals surface area (Å²) in [7, 11) is 0. The highest BCUT2D eigenvalue weighted by Gasteiger charge is 2.17.